The number of benzene rings is 3. The van der Waals surface area contributed by atoms with Crippen LogP contribution in [0, 0.1) is 21.4 Å². The van der Waals surface area contributed by atoms with E-state index < -0.39 is 37.0 Å². The van der Waals surface area contributed by atoms with E-state index in [0.717, 1.165) is 102 Å². The number of pyridine rings is 1. The van der Waals surface area contributed by atoms with Gasteiger partial charge in [-0.1, -0.05) is 38.1 Å². The number of aromatic nitrogens is 2. The molecule has 4 aliphatic rings. The molecule has 5 aromatic rings. The van der Waals surface area contributed by atoms with Gasteiger partial charge in [-0.2, -0.15) is 0 Å². The van der Waals surface area contributed by atoms with E-state index in [-0.39, 0.29) is 28.3 Å². The minimum atomic E-state index is -4.58. The van der Waals surface area contributed by atoms with Gasteiger partial charge in [0.1, 0.15) is 22.8 Å². The maximum atomic E-state index is 14.1. The molecule has 9 rings (SSSR count). The second kappa shape index (κ2) is 20.0. The number of anilines is 2. The number of aliphatic hydroxyl groups is 1. The highest BCUT2D eigenvalue weighted by atomic mass is 32.2. The van der Waals surface area contributed by atoms with Crippen LogP contribution in [0.15, 0.2) is 90.1 Å². The summed E-state index contributed by atoms with van der Waals surface area (Å²) >= 11 is 0. The summed E-state index contributed by atoms with van der Waals surface area (Å²) in [5.74, 6) is 0.201. The number of nitro groups is 1. The average molecular weight is 963 g/mol. The number of piperidine rings is 1. The number of nitro benzene ring substituents is 1. The van der Waals surface area contributed by atoms with Gasteiger partial charge >= 0.3 is 0 Å². The van der Waals surface area contributed by atoms with E-state index in [1.165, 1.54) is 23.3 Å². The van der Waals surface area contributed by atoms with Crippen molar-refractivity contribution < 1.29 is 32.7 Å². The minimum Gasteiger partial charge on any atom is -0.455 e. The Morgan fingerprint density at radius 1 is 1.00 bits per heavy atom. The Labute approximate surface area is 405 Å². The number of carbonyl (C=O) groups is 1. The van der Waals surface area contributed by atoms with Gasteiger partial charge in [-0.3, -0.25) is 24.7 Å². The Bertz CT molecular complexity index is 2750. The topological polar surface area (TPSA) is 195 Å². The first-order valence-corrected chi connectivity index (χ1v) is 26.0. The summed E-state index contributed by atoms with van der Waals surface area (Å²) in [6.45, 7) is 13.2. The van der Waals surface area contributed by atoms with Crippen LogP contribution in [-0.4, -0.2) is 115 Å². The minimum absolute atomic E-state index is 0.0260. The summed E-state index contributed by atoms with van der Waals surface area (Å²) in [7, 11) is -2.81. The van der Waals surface area contributed by atoms with Gasteiger partial charge in [0, 0.05) is 94.4 Å². The molecule has 2 aromatic heterocycles. The van der Waals surface area contributed by atoms with Crippen LogP contribution in [0.25, 0.3) is 11.0 Å². The van der Waals surface area contributed by atoms with Crippen molar-refractivity contribution in [3.63, 3.8) is 0 Å². The van der Waals surface area contributed by atoms with E-state index in [9.17, 15) is 28.4 Å². The van der Waals surface area contributed by atoms with Gasteiger partial charge in [-0.25, -0.2) is 18.1 Å². The summed E-state index contributed by atoms with van der Waals surface area (Å²) in [5.41, 5.74) is 3.64. The second-order valence-corrected chi connectivity index (χ2v) is 22.1. The van der Waals surface area contributed by atoms with Crippen molar-refractivity contribution in [2.75, 3.05) is 69.7 Å². The fraction of sp³-hybridized carbons (Fsp3) is 0.500. The smallest absolute Gasteiger partial charge is 0.293 e. The van der Waals surface area contributed by atoms with Crippen molar-refractivity contribution in [2.45, 2.75) is 101 Å². The number of nitrogens with zero attached hydrogens (tertiary/aromatic N) is 5. The second-order valence-electron chi connectivity index (χ2n) is 20.4. The number of piperazine rings is 1. The van der Waals surface area contributed by atoms with Crippen molar-refractivity contribution in [1.82, 2.24) is 24.5 Å². The Hall–Kier alpha value is -5.59. The molecule has 4 fully saturated rings. The fourth-order valence-electron chi connectivity index (χ4n) is 11.2. The largest absolute Gasteiger partial charge is 0.455 e. The number of aromatic amines is 1. The molecule has 69 heavy (non-hydrogen) atoms. The van der Waals surface area contributed by atoms with E-state index in [1.807, 2.05) is 19.1 Å². The van der Waals surface area contributed by atoms with Crippen LogP contribution in [0.1, 0.15) is 106 Å². The van der Waals surface area contributed by atoms with Crippen LogP contribution >= 0.6 is 0 Å². The van der Waals surface area contributed by atoms with Gasteiger partial charge in [0.05, 0.1) is 33.8 Å². The molecule has 1 atom stereocenters. The maximum absolute atomic E-state index is 14.1. The van der Waals surface area contributed by atoms with E-state index in [0.29, 0.717) is 48.8 Å². The molecule has 0 bridgehead atoms. The quantitative estimate of drug-likeness (QED) is 0.0543. The zero-order valence-electron chi connectivity index (χ0n) is 40.2. The number of fused-ring (bicyclic) bond motifs is 1. The van der Waals surface area contributed by atoms with Crippen molar-refractivity contribution >= 4 is 44.0 Å². The zero-order valence-corrected chi connectivity index (χ0v) is 41.0. The third-order valence-electron chi connectivity index (χ3n) is 15.4. The summed E-state index contributed by atoms with van der Waals surface area (Å²) in [5, 5.41) is 26.4. The van der Waals surface area contributed by atoms with Crippen LogP contribution in [0.4, 0.5) is 17.1 Å². The first-order valence-electron chi connectivity index (χ1n) is 24.5. The van der Waals surface area contributed by atoms with Gasteiger partial charge in [-0.15, -0.1) is 0 Å². The number of nitrogens with one attached hydrogen (secondary N) is 3. The normalized spacial score (nSPS) is 22.4. The highest BCUT2D eigenvalue weighted by Gasteiger charge is 2.50. The van der Waals surface area contributed by atoms with Crippen LogP contribution in [0.5, 0.6) is 11.5 Å². The van der Waals surface area contributed by atoms with Gasteiger partial charge in [0.25, 0.3) is 21.6 Å². The highest BCUT2D eigenvalue weighted by Crippen LogP contribution is 2.53. The molecular weight excluding hydrogens is 897 g/mol. The van der Waals surface area contributed by atoms with Crippen LogP contribution in [0.2, 0.25) is 0 Å². The molecule has 368 valence electrons. The third-order valence-corrected chi connectivity index (χ3v) is 16.7. The van der Waals surface area contributed by atoms with Crippen LogP contribution in [0.3, 0.4) is 0 Å². The monoisotopic (exact) mass is 962 g/mol. The maximum Gasteiger partial charge on any atom is 0.293 e. The molecule has 2 saturated carbocycles. The molecule has 16 nitrogen and oxygen atoms in total. The lowest BCUT2D eigenvalue weighted by atomic mass is 9.59. The molecule has 17 heteroatoms. The first-order chi connectivity index (χ1) is 33.1. The van der Waals surface area contributed by atoms with Crippen molar-refractivity contribution in [3.05, 3.63) is 112 Å². The number of methoxy groups -OCH3 is 1. The average Bonchev–Trinajstić information content (AvgIpc) is 3.80. The number of ether oxygens (including phenoxy) is 2. The molecule has 2 aliphatic heterocycles. The number of sulfonamides is 1. The number of H-pyrrole nitrogens is 1. The van der Waals surface area contributed by atoms with Crippen LogP contribution < -0.4 is 19.7 Å². The molecular formula is C52H66N8O8S. The summed E-state index contributed by atoms with van der Waals surface area (Å²) < 4.78 is 41.6. The Kier molecular flexibility index (Phi) is 14.1. The van der Waals surface area contributed by atoms with Gasteiger partial charge in [0.2, 0.25) is 0 Å². The molecule has 3 aromatic carbocycles. The van der Waals surface area contributed by atoms with E-state index in [2.05, 4.69) is 72.8 Å². The van der Waals surface area contributed by atoms with E-state index in [1.54, 1.807) is 37.7 Å². The molecule has 2 saturated heterocycles. The van der Waals surface area contributed by atoms with Crippen molar-refractivity contribution in [1.29, 1.82) is 0 Å². The summed E-state index contributed by atoms with van der Waals surface area (Å²) in [6, 6.07) is 22.2. The van der Waals surface area contributed by atoms with Crippen LogP contribution in [-0.2, 0) is 14.8 Å². The standard InChI is InChI=1S/C52H66N8O8S/c1-35(2)42-7-5-6-8-43(42)47-34-57(25-26-67-4)23-24-59(47)39-30-52(31-39)18-21-58(22-19-52)38-9-11-44(48(28-38)68-40-27-37-15-20-53-49(37)55-33-40)50(61)56-69(65,66)41-10-12-45(46(29-41)60(63)64)54-32-36-13-16-51(3,62)17-14-36/h5-12,15,20,27-29,33,35-36,39,47,54,62H,13-14,16-19,21-26,30-32,34H2,1-4H3,(H,53,55)(H,56,61). The predicted molar refractivity (Wildman–Crippen MR) is 267 cm³/mol. The SMILES string of the molecule is COCCN1CCN(C2CC3(CCN(c4ccc(C(=O)NS(=O)(=O)c5ccc(NCC6CCC(C)(O)CC6)c([N+](=O)[O-])c5)c(Oc5cnc6[nH]ccc6c5)c4)CC3)C2)C(c2ccccc2C(C)C)C1. The Balaban J connectivity index is 0.895. The Morgan fingerprint density at radius 3 is 2.51 bits per heavy atom. The summed E-state index contributed by atoms with van der Waals surface area (Å²) in [6.07, 6.45) is 10.5. The zero-order chi connectivity index (χ0) is 48.5. The lowest BCUT2D eigenvalue weighted by Crippen LogP contribution is -2.60. The summed E-state index contributed by atoms with van der Waals surface area (Å²) in [4.78, 5) is 40.3. The van der Waals surface area contributed by atoms with Crippen molar-refractivity contribution in [2.24, 2.45) is 11.3 Å². The third kappa shape index (κ3) is 10.8. The van der Waals surface area contributed by atoms with E-state index >= 15 is 0 Å². The Morgan fingerprint density at radius 2 is 1.77 bits per heavy atom. The van der Waals surface area contributed by atoms with Gasteiger partial charge < -0.3 is 29.8 Å². The first kappa shape index (κ1) is 48.4. The number of hydrogen-bond acceptors (Lipinski definition) is 13. The number of carbonyl (C=O) groups excluding carboxylic acids is 1. The molecule has 1 unspecified atom stereocenters. The highest BCUT2D eigenvalue weighted by molar-refractivity contribution is 7.90. The van der Waals surface area contributed by atoms with Gasteiger partial charge in [-0.05, 0) is 123 Å². The molecule has 1 spiro atoms. The fourth-order valence-corrected chi connectivity index (χ4v) is 12.2. The van der Waals surface area contributed by atoms with Crippen molar-refractivity contribution in [3.8, 4) is 11.5 Å². The number of hydrogen-bond donors (Lipinski definition) is 4. The molecule has 2 aliphatic carbocycles. The molecule has 1 amide bonds. The van der Waals surface area contributed by atoms with E-state index in [4.69, 9.17) is 9.47 Å². The lowest BCUT2D eigenvalue weighted by molar-refractivity contribution is -0.384. The number of rotatable bonds is 16. The molecule has 0 radical (unpaired) electrons. The lowest BCUT2D eigenvalue weighted by Gasteiger charge is -2.58. The molecule has 4 N–H and O–H groups in total. The molecule has 4 heterocycles. The predicted octanol–water partition coefficient (Wildman–Crippen LogP) is 8.61. The van der Waals surface area contributed by atoms with Gasteiger partial charge in [0.15, 0.2) is 0 Å². The number of amides is 1.